The Morgan fingerprint density at radius 3 is 2.38 bits per heavy atom. The lowest BCUT2D eigenvalue weighted by Gasteiger charge is -2.48. The van der Waals surface area contributed by atoms with Gasteiger partial charge in [0.2, 0.25) is 15.9 Å². The van der Waals surface area contributed by atoms with Crippen molar-refractivity contribution in [3.05, 3.63) is 28.8 Å². The second kappa shape index (κ2) is 6.94. The molecular weight excluding hydrogens is 350 g/mol. The molecule has 2 fully saturated rings. The number of amides is 1. The number of rotatable bonds is 2. The Morgan fingerprint density at radius 1 is 1.08 bits per heavy atom. The molecular formula is C19H29N3O3S. The van der Waals surface area contributed by atoms with E-state index < -0.39 is 10.0 Å². The molecule has 1 unspecified atom stereocenters. The number of nitrogens with one attached hydrogen (secondary N) is 1. The van der Waals surface area contributed by atoms with E-state index in [0.717, 1.165) is 23.1 Å². The van der Waals surface area contributed by atoms with Crippen LogP contribution in [0.1, 0.15) is 36.0 Å². The number of aryl methyl sites for hydroxylation is 3. The van der Waals surface area contributed by atoms with Gasteiger partial charge < -0.3 is 5.32 Å². The molecule has 1 atom stereocenters. The topological polar surface area (TPSA) is 69.7 Å². The Hall–Kier alpha value is -1.44. The van der Waals surface area contributed by atoms with Crippen LogP contribution >= 0.6 is 0 Å². The molecule has 0 saturated carbocycles. The van der Waals surface area contributed by atoms with E-state index in [1.165, 1.54) is 0 Å². The molecule has 6 nitrogen and oxygen atoms in total. The fourth-order valence-corrected chi connectivity index (χ4v) is 6.39. The molecule has 1 N–H and O–H groups in total. The summed E-state index contributed by atoms with van der Waals surface area (Å²) in [5.74, 6) is 0.0560. The Balaban J connectivity index is 1.95. The van der Waals surface area contributed by atoms with Crippen molar-refractivity contribution in [2.45, 2.75) is 50.5 Å². The highest BCUT2D eigenvalue weighted by molar-refractivity contribution is 7.89. The molecule has 26 heavy (non-hydrogen) atoms. The number of hydrogen-bond donors (Lipinski definition) is 1. The van der Waals surface area contributed by atoms with Crippen molar-refractivity contribution in [1.29, 1.82) is 0 Å². The number of carbonyl (C=O) groups is 1. The highest BCUT2D eigenvalue weighted by Gasteiger charge is 2.44. The fourth-order valence-electron chi connectivity index (χ4n) is 4.47. The molecule has 2 aliphatic rings. The molecule has 144 valence electrons. The number of piperazine rings is 1. The SMILES string of the molecule is Cc1cc(C)c(S(=O)(=O)N2CCN(C)C3(CCNC(=O)CC3)C2)c(C)c1. The molecule has 0 aromatic heterocycles. The van der Waals surface area contributed by atoms with E-state index in [0.29, 0.717) is 43.9 Å². The van der Waals surface area contributed by atoms with Crippen LogP contribution in [0.25, 0.3) is 0 Å². The average molecular weight is 380 g/mol. The Labute approximate surface area is 156 Å². The van der Waals surface area contributed by atoms with Gasteiger partial charge in [0.15, 0.2) is 0 Å². The van der Waals surface area contributed by atoms with Crippen LogP contribution in [0.2, 0.25) is 0 Å². The molecule has 2 saturated heterocycles. The van der Waals surface area contributed by atoms with E-state index in [2.05, 4.69) is 10.2 Å². The van der Waals surface area contributed by atoms with E-state index in [1.54, 1.807) is 4.31 Å². The van der Waals surface area contributed by atoms with Gasteiger partial charge in [0.25, 0.3) is 0 Å². The quantitative estimate of drug-likeness (QED) is 0.847. The van der Waals surface area contributed by atoms with E-state index in [-0.39, 0.29) is 11.4 Å². The largest absolute Gasteiger partial charge is 0.356 e. The first-order valence-corrected chi connectivity index (χ1v) is 10.7. The van der Waals surface area contributed by atoms with Crippen molar-refractivity contribution in [2.24, 2.45) is 0 Å². The first kappa shape index (κ1) is 19.3. The molecule has 2 heterocycles. The van der Waals surface area contributed by atoms with Crippen molar-refractivity contribution in [2.75, 3.05) is 33.2 Å². The van der Waals surface area contributed by atoms with Crippen LogP contribution in [0.4, 0.5) is 0 Å². The van der Waals surface area contributed by atoms with E-state index in [4.69, 9.17) is 0 Å². The number of hydrogen-bond acceptors (Lipinski definition) is 4. The van der Waals surface area contributed by atoms with Crippen LogP contribution in [0.3, 0.4) is 0 Å². The van der Waals surface area contributed by atoms with E-state index in [9.17, 15) is 13.2 Å². The van der Waals surface area contributed by atoms with Gasteiger partial charge in [0, 0.05) is 38.1 Å². The zero-order chi connectivity index (χ0) is 19.1. The van der Waals surface area contributed by atoms with Crippen LogP contribution < -0.4 is 5.32 Å². The number of benzene rings is 1. The summed E-state index contributed by atoms with van der Waals surface area (Å²) >= 11 is 0. The summed E-state index contributed by atoms with van der Waals surface area (Å²) in [7, 11) is -1.52. The summed E-state index contributed by atoms with van der Waals surface area (Å²) in [6, 6.07) is 3.86. The maximum absolute atomic E-state index is 13.4. The predicted octanol–water partition coefficient (Wildman–Crippen LogP) is 1.59. The fraction of sp³-hybridized carbons (Fsp3) is 0.632. The minimum Gasteiger partial charge on any atom is -0.356 e. The molecule has 1 amide bonds. The summed E-state index contributed by atoms with van der Waals surface area (Å²) in [6.45, 7) is 7.91. The summed E-state index contributed by atoms with van der Waals surface area (Å²) in [6.07, 6.45) is 1.90. The van der Waals surface area contributed by atoms with Crippen molar-refractivity contribution < 1.29 is 13.2 Å². The number of likely N-dealkylation sites (N-methyl/N-ethyl adjacent to an activating group) is 1. The molecule has 1 aromatic rings. The summed E-state index contributed by atoms with van der Waals surface area (Å²) in [5.41, 5.74) is 2.39. The highest BCUT2D eigenvalue weighted by Crippen LogP contribution is 2.34. The third kappa shape index (κ3) is 3.40. The van der Waals surface area contributed by atoms with Gasteiger partial charge in [0.05, 0.1) is 4.90 Å². The third-order valence-corrected chi connectivity index (χ3v) is 8.05. The lowest BCUT2D eigenvalue weighted by Crippen LogP contribution is -2.62. The van der Waals surface area contributed by atoms with Gasteiger partial charge >= 0.3 is 0 Å². The van der Waals surface area contributed by atoms with Gasteiger partial charge in [-0.15, -0.1) is 0 Å². The average Bonchev–Trinajstić information content (AvgIpc) is 2.71. The first-order valence-electron chi connectivity index (χ1n) is 9.22. The molecule has 7 heteroatoms. The first-order chi connectivity index (χ1) is 12.2. The van der Waals surface area contributed by atoms with Gasteiger partial charge in [-0.2, -0.15) is 4.31 Å². The molecule has 3 rings (SSSR count). The summed E-state index contributed by atoms with van der Waals surface area (Å²) in [4.78, 5) is 14.5. The normalized spacial score (nSPS) is 25.9. The van der Waals surface area contributed by atoms with Gasteiger partial charge in [0.1, 0.15) is 0 Å². The van der Waals surface area contributed by atoms with Gasteiger partial charge in [-0.1, -0.05) is 17.7 Å². The van der Waals surface area contributed by atoms with E-state index in [1.807, 2.05) is 40.0 Å². The van der Waals surface area contributed by atoms with Gasteiger partial charge in [-0.25, -0.2) is 8.42 Å². The molecule has 0 bridgehead atoms. The van der Waals surface area contributed by atoms with Crippen molar-refractivity contribution >= 4 is 15.9 Å². The van der Waals surface area contributed by atoms with Crippen LogP contribution in [-0.2, 0) is 14.8 Å². The monoisotopic (exact) mass is 379 g/mol. The zero-order valence-electron chi connectivity index (χ0n) is 16.1. The number of carbonyl (C=O) groups excluding carboxylic acids is 1. The molecule has 1 spiro atoms. The lowest BCUT2D eigenvalue weighted by atomic mass is 9.87. The summed E-state index contributed by atoms with van der Waals surface area (Å²) < 4.78 is 28.5. The molecule has 0 aliphatic carbocycles. The minimum absolute atomic E-state index is 0.0560. The minimum atomic E-state index is -3.56. The van der Waals surface area contributed by atoms with Crippen LogP contribution in [-0.4, -0.2) is 62.3 Å². The maximum atomic E-state index is 13.4. The van der Waals surface area contributed by atoms with Crippen molar-refractivity contribution in [1.82, 2.24) is 14.5 Å². The molecule has 1 aromatic carbocycles. The Morgan fingerprint density at radius 2 is 1.73 bits per heavy atom. The van der Waals surface area contributed by atoms with Gasteiger partial charge in [-0.05, 0) is 51.8 Å². The molecule has 0 radical (unpaired) electrons. The maximum Gasteiger partial charge on any atom is 0.243 e. The zero-order valence-corrected chi connectivity index (χ0v) is 16.9. The summed E-state index contributed by atoms with van der Waals surface area (Å²) in [5, 5.41) is 2.91. The second-order valence-corrected chi connectivity index (χ2v) is 9.69. The van der Waals surface area contributed by atoms with Crippen LogP contribution in [0.15, 0.2) is 17.0 Å². The van der Waals surface area contributed by atoms with Crippen molar-refractivity contribution in [3.8, 4) is 0 Å². The number of nitrogens with zero attached hydrogens (tertiary/aromatic N) is 2. The third-order valence-electron chi connectivity index (χ3n) is 5.90. The van der Waals surface area contributed by atoms with E-state index >= 15 is 0 Å². The Bertz CT molecular complexity index is 798. The smallest absolute Gasteiger partial charge is 0.243 e. The molecule has 2 aliphatic heterocycles. The highest BCUT2D eigenvalue weighted by atomic mass is 32.2. The van der Waals surface area contributed by atoms with Crippen molar-refractivity contribution in [3.63, 3.8) is 0 Å². The lowest BCUT2D eigenvalue weighted by molar-refractivity contribution is -0.121. The Kier molecular flexibility index (Phi) is 5.16. The van der Waals surface area contributed by atoms with Crippen LogP contribution in [0.5, 0.6) is 0 Å². The predicted molar refractivity (Wildman–Crippen MR) is 102 cm³/mol. The second-order valence-electron chi connectivity index (χ2n) is 7.81. The van der Waals surface area contributed by atoms with Crippen LogP contribution in [0, 0.1) is 20.8 Å². The van der Waals surface area contributed by atoms with Gasteiger partial charge in [-0.3, -0.25) is 9.69 Å². The number of sulfonamides is 1. The standard InChI is InChI=1S/C19H29N3O3S/c1-14-11-15(2)18(16(3)12-14)26(24,25)22-10-9-21(4)19(13-22)6-5-17(23)20-8-7-19/h11-12H,5-10,13H2,1-4H3,(H,20,23).